The second-order valence-corrected chi connectivity index (χ2v) is 6.92. The Labute approximate surface area is 125 Å². The van der Waals surface area contributed by atoms with Crippen molar-refractivity contribution in [3.05, 3.63) is 28.2 Å². The molecule has 2 rings (SSSR count). The Morgan fingerprint density at radius 1 is 1.21 bits per heavy atom. The van der Waals surface area contributed by atoms with Crippen LogP contribution in [0.3, 0.4) is 0 Å². The zero-order valence-electron chi connectivity index (χ0n) is 12.5. The fourth-order valence-corrected chi connectivity index (χ4v) is 3.33. The Morgan fingerprint density at radius 3 is 2.37 bits per heavy atom. The number of rotatable bonds is 3. The Kier molecular flexibility index (Phi) is 4.91. The number of benzene rings is 1. The van der Waals surface area contributed by atoms with Gasteiger partial charge in [0.15, 0.2) is 0 Å². The van der Waals surface area contributed by atoms with Crippen molar-refractivity contribution in [3.8, 4) is 0 Å². The molecule has 1 fully saturated rings. The van der Waals surface area contributed by atoms with Gasteiger partial charge in [0.1, 0.15) is 0 Å². The molecule has 0 spiro atoms. The van der Waals surface area contributed by atoms with Crippen LogP contribution in [0.15, 0.2) is 22.7 Å². The van der Waals surface area contributed by atoms with E-state index in [-0.39, 0.29) is 0 Å². The van der Waals surface area contributed by atoms with E-state index in [0.29, 0.717) is 12.0 Å². The fraction of sp³-hybridized carbons (Fsp3) is 0.625. The molecule has 0 atom stereocenters. The molecule has 1 aliphatic rings. The van der Waals surface area contributed by atoms with E-state index in [4.69, 9.17) is 0 Å². The Hall–Kier alpha value is -0.540. The van der Waals surface area contributed by atoms with Crippen LogP contribution in [-0.2, 0) is 0 Å². The molecular formula is C16H25BrN2. The van der Waals surface area contributed by atoms with E-state index in [1.165, 1.54) is 41.7 Å². The summed E-state index contributed by atoms with van der Waals surface area (Å²) in [4.78, 5) is 4.82. The van der Waals surface area contributed by atoms with E-state index >= 15 is 0 Å². The summed E-state index contributed by atoms with van der Waals surface area (Å²) < 4.78 is 1.17. The first kappa shape index (κ1) is 14.9. The van der Waals surface area contributed by atoms with Crippen LogP contribution < -0.4 is 4.90 Å². The molecule has 106 valence electrons. The summed E-state index contributed by atoms with van der Waals surface area (Å²) in [5, 5.41) is 0. The fourth-order valence-electron chi connectivity index (χ4n) is 2.98. The molecule has 0 N–H and O–H groups in total. The minimum absolute atomic E-state index is 0.680. The lowest BCUT2D eigenvalue weighted by Gasteiger charge is -2.36. The minimum Gasteiger partial charge on any atom is -0.377 e. The lowest BCUT2D eigenvalue weighted by molar-refractivity contribution is 0.172. The first-order chi connectivity index (χ1) is 8.99. The summed E-state index contributed by atoms with van der Waals surface area (Å²) in [5.74, 6) is 0.709. The second kappa shape index (κ2) is 6.27. The molecule has 19 heavy (non-hydrogen) atoms. The van der Waals surface area contributed by atoms with Gasteiger partial charge in [-0.1, -0.05) is 22.0 Å². The van der Waals surface area contributed by atoms with E-state index in [1.807, 2.05) is 0 Å². The zero-order chi connectivity index (χ0) is 14.0. The molecule has 3 heteroatoms. The average molecular weight is 325 g/mol. The number of anilines is 1. The molecule has 1 aromatic rings. The monoisotopic (exact) mass is 324 g/mol. The number of halogens is 1. The van der Waals surface area contributed by atoms with Gasteiger partial charge in [0, 0.05) is 30.3 Å². The quantitative estimate of drug-likeness (QED) is 0.825. The summed E-state index contributed by atoms with van der Waals surface area (Å²) in [6.07, 6.45) is 2.56. The predicted molar refractivity (Wildman–Crippen MR) is 87.2 cm³/mol. The third-order valence-corrected chi connectivity index (χ3v) is 4.67. The molecular weight excluding hydrogens is 300 g/mol. The first-order valence-electron chi connectivity index (χ1n) is 7.20. The van der Waals surface area contributed by atoms with Crippen molar-refractivity contribution in [1.82, 2.24) is 4.90 Å². The standard InChI is InChI=1S/C16H25BrN2/c1-12(2)19-9-7-13(8-10-19)15-6-5-14(17)11-16(15)18(3)4/h5-6,11-13H,7-10H2,1-4H3. The van der Waals surface area contributed by atoms with Gasteiger partial charge in [-0.15, -0.1) is 0 Å². The first-order valence-corrected chi connectivity index (χ1v) is 7.99. The van der Waals surface area contributed by atoms with Crippen molar-refractivity contribution >= 4 is 21.6 Å². The SMILES string of the molecule is CC(C)N1CCC(c2ccc(Br)cc2N(C)C)CC1. The molecule has 1 heterocycles. The van der Waals surface area contributed by atoms with Gasteiger partial charge in [0.2, 0.25) is 0 Å². The predicted octanol–water partition coefficient (Wildman–Crippen LogP) is 4.10. The molecule has 0 aliphatic carbocycles. The maximum absolute atomic E-state index is 3.58. The highest BCUT2D eigenvalue weighted by atomic mass is 79.9. The number of hydrogen-bond donors (Lipinski definition) is 0. The Morgan fingerprint density at radius 2 is 1.84 bits per heavy atom. The normalized spacial score (nSPS) is 18.0. The number of nitrogens with zero attached hydrogens (tertiary/aromatic N) is 2. The lowest BCUT2D eigenvalue weighted by atomic mass is 9.87. The lowest BCUT2D eigenvalue weighted by Crippen LogP contribution is -2.38. The van der Waals surface area contributed by atoms with Crippen LogP contribution in [0, 0.1) is 0 Å². The largest absolute Gasteiger partial charge is 0.377 e. The van der Waals surface area contributed by atoms with Crippen LogP contribution in [0.2, 0.25) is 0 Å². The molecule has 0 bridgehead atoms. The van der Waals surface area contributed by atoms with Gasteiger partial charge in [-0.25, -0.2) is 0 Å². The molecule has 1 aromatic carbocycles. The van der Waals surface area contributed by atoms with Crippen molar-refractivity contribution < 1.29 is 0 Å². The van der Waals surface area contributed by atoms with Crippen LogP contribution >= 0.6 is 15.9 Å². The van der Waals surface area contributed by atoms with E-state index in [2.05, 4.69) is 71.9 Å². The second-order valence-electron chi connectivity index (χ2n) is 6.00. The smallest absolute Gasteiger partial charge is 0.0407 e. The number of likely N-dealkylation sites (tertiary alicyclic amines) is 1. The maximum Gasteiger partial charge on any atom is 0.0407 e. The van der Waals surface area contributed by atoms with Gasteiger partial charge in [-0.2, -0.15) is 0 Å². The highest BCUT2D eigenvalue weighted by Gasteiger charge is 2.24. The summed E-state index contributed by atoms with van der Waals surface area (Å²) >= 11 is 3.58. The van der Waals surface area contributed by atoms with Gasteiger partial charge in [-0.3, -0.25) is 0 Å². The Balaban J connectivity index is 2.15. The maximum atomic E-state index is 3.58. The minimum atomic E-state index is 0.680. The highest BCUT2D eigenvalue weighted by Crippen LogP contribution is 2.36. The topological polar surface area (TPSA) is 6.48 Å². The van der Waals surface area contributed by atoms with Gasteiger partial charge in [0.25, 0.3) is 0 Å². The number of hydrogen-bond acceptors (Lipinski definition) is 2. The van der Waals surface area contributed by atoms with Gasteiger partial charge in [0.05, 0.1) is 0 Å². The Bertz CT molecular complexity index is 421. The van der Waals surface area contributed by atoms with Crippen LogP contribution in [-0.4, -0.2) is 38.1 Å². The average Bonchev–Trinajstić information content (AvgIpc) is 2.38. The molecule has 0 aromatic heterocycles. The van der Waals surface area contributed by atoms with Crippen molar-refractivity contribution in [2.75, 3.05) is 32.1 Å². The third kappa shape index (κ3) is 3.51. The van der Waals surface area contributed by atoms with E-state index in [1.54, 1.807) is 0 Å². The third-order valence-electron chi connectivity index (χ3n) is 4.17. The van der Waals surface area contributed by atoms with Gasteiger partial charge >= 0.3 is 0 Å². The molecule has 0 radical (unpaired) electrons. The zero-order valence-corrected chi connectivity index (χ0v) is 14.1. The van der Waals surface area contributed by atoms with Gasteiger partial charge < -0.3 is 9.80 Å². The summed E-state index contributed by atoms with van der Waals surface area (Å²) in [7, 11) is 4.27. The van der Waals surface area contributed by atoms with Crippen molar-refractivity contribution in [2.45, 2.75) is 38.6 Å². The summed E-state index contributed by atoms with van der Waals surface area (Å²) in [5.41, 5.74) is 2.87. The van der Waals surface area contributed by atoms with Crippen LogP contribution in [0.25, 0.3) is 0 Å². The molecule has 1 saturated heterocycles. The van der Waals surface area contributed by atoms with E-state index in [0.717, 1.165) is 0 Å². The van der Waals surface area contributed by atoms with Crippen molar-refractivity contribution in [3.63, 3.8) is 0 Å². The van der Waals surface area contributed by atoms with Crippen molar-refractivity contribution in [2.24, 2.45) is 0 Å². The summed E-state index contributed by atoms with van der Waals surface area (Å²) in [6.45, 7) is 7.05. The van der Waals surface area contributed by atoms with Crippen molar-refractivity contribution in [1.29, 1.82) is 0 Å². The molecule has 0 amide bonds. The van der Waals surface area contributed by atoms with Crippen LogP contribution in [0.5, 0.6) is 0 Å². The van der Waals surface area contributed by atoms with E-state index in [9.17, 15) is 0 Å². The molecule has 0 unspecified atom stereocenters. The number of piperidine rings is 1. The van der Waals surface area contributed by atoms with Crippen LogP contribution in [0.1, 0.15) is 38.2 Å². The van der Waals surface area contributed by atoms with Crippen LogP contribution in [0.4, 0.5) is 5.69 Å². The molecule has 2 nitrogen and oxygen atoms in total. The molecule has 1 aliphatic heterocycles. The molecule has 0 saturated carbocycles. The highest BCUT2D eigenvalue weighted by molar-refractivity contribution is 9.10. The summed E-state index contributed by atoms with van der Waals surface area (Å²) in [6, 6.07) is 7.40. The van der Waals surface area contributed by atoms with E-state index < -0.39 is 0 Å². The van der Waals surface area contributed by atoms with Gasteiger partial charge in [-0.05, 0) is 63.4 Å².